The number of aromatic nitrogens is 1. The molecule has 4 rings (SSSR count). The number of carbonyl (C=O) groups excluding carboxylic acids is 3. The zero-order chi connectivity index (χ0) is 21.3. The van der Waals surface area contributed by atoms with Gasteiger partial charge in [0.05, 0.1) is 12.1 Å². The maximum absolute atomic E-state index is 13.4. The van der Waals surface area contributed by atoms with Gasteiger partial charge in [0, 0.05) is 23.6 Å². The summed E-state index contributed by atoms with van der Waals surface area (Å²) in [7, 11) is 0. The van der Waals surface area contributed by atoms with Crippen molar-refractivity contribution in [1.82, 2.24) is 4.98 Å². The van der Waals surface area contributed by atoms with E-state index in [1.807, 2.05) is 38.1 Å². The number of amides is 3. The molecule has 1 aliphatic rings. The fourth-order valence-electron chi connectivity index (χ4n) is 3.71. The molecule has 2 heterocycles. The summed E-state index contributed by atoms with van der Waals surface area (Å²) in [6.45, 7) is 3.82. The lowest BCUT2D eigenvalue weighted by Gasteiger charge is -2.28. The molecule has 1 aliphatic heterocycles. The summed E-state index contributed by atoms with van der Waals surface area (Å²) in [5.74, 6) is -1.08. The van der Waals surface area contributed by atoms with E-state index in [0.29, 0.717) is 16.9 Å². The minimum atomic E-state index is -0.916. The van der Waals surface area contributed by atoms with Crippen LogP contribution in [-0.4, -0.2) is 28.7 Å². The van der Waals surface area contributed by atoms with Gasteiger partial charge in [0.1, 0.15) is 6.04 Å². The highest BCUT2D eigenvalue weighted by Gasteiger charge is 2.45. The first-order valence-corrected chi connectivity index (χ1v) is 9.69. The highest BCUT2D eigenvalue weighted by atomic mass is 16.2. The Bertz CT molecular complexity index is 1130. The number of carbonyl (C=O) groups is 3. The summed E-state index contributed by atoms with van der Waals surface area (Å²) in [5, 5.41) is 0. The Balaban J connectivity index is 1.77. The van der Waals surface area contributed by atoms with Crippen molar-refractivity contribution in [2.45, 2.75) is 26.3 Å². The predicted octanol–water partition coefficient (Wildman–Crippen LogP) is 3.68. The number of imide groups is 1. The molecular formula is C24H21N3O3. The molecule has 2 aromatic carbocycles. The van der Waals surface area contributed by atoms with Crippen molar-refractivity contribution < 1.29 is 14.4 Å². The van der Waals surface area contributed by atoms with Crippen molar-refractivity contribution in [1.29, 1.82) is 0 Å². The maximum Gasteiger partial charge on any atom is 0.259 e. The second-order valence-electron chi connectivity index (χ2n) is 7.38. The predicted molar refractivity (Wildman–Crippen MR) is 114 cm³/mol. The molecule has 6 heteroatoms. The van der Waals surface area contributed by atoms with Gasteiger partial charge in [-0.1, -0.05) is 24.3 Å². The molecule has 0 bridgehead atoms. The van der Waals surface area contributed by atoms with Crippen molar-refractivity contribution in [2.24, 2.45) is 0 Å². The van der Waals surface area contributed by atoms with E-state index in [-0.39, 0.29) is 18.2 Å². The van der Waals surface area contributed by atoms with Crippen LogP contribution in [0.4, 0.5) is 11.4 Å². The van der Waals surface area contributed by atoms with Crippen molar-refractivity contribution in [3.63, 3.8) is 0 Å². The van der Waals surface area contributed by atoms with Crippen LogP contribution < -0.4 is 9.80 Å². The van der Waals surface area contributed by atoms with Gasteiger partial charge in [-0.3, -0.25) is 24.3 Å². The number of pyridine rings is 1. The summed E-state index contributed by atoms with van der Waals surface area (Å²) in [6.07, 6.45) is 2.99. The molecule has 3 aromatic rings. The standard InChI is InChI=1S/C24H21N3O3/c1-16-5-3-7-19(13-16)26(23(29)18-9-11-25-12-10-18)21-15-22(28)27(24(21)30)20-8-4-6-17(2)14-20/h3-14,21H,15H2,1-2H3/t21-/m0/s1. The first-order chi connectivity index (χ1) is 14.5. The largest absolute Gasteiger partial charge is 0.295 e. The Hall–Kier alpha value is -3.80. The molecule has 1 fully saturated rings. The Morgan fingerprint density at radius 2 is 1.63 bits per heavy atom. The van der Waals surface area contributed by atoms with Gasteiger partial charge in [-0.05, 0) is 61.4 Å². The quantitative estimate of drug-likeness (QED) is 0.628. The number of benzene rings is 2. The monoisotopic (exact) mass is 399 g/mol. The molecule has 1 aromatic heterocycles. The molecule has 1 saturated heterocycles. The average Bonchev–Trinajstić information content (AvgIpc) is 3.02. The Kier molecular flexibility index (Phi) is 5.14. The van der Waals surface area contributed by atoms with Crippen LogP contribution in [-0.2, 0) is 9.59 Å². The molecule has 150 valence electrons. The van der Waals surface area contributed by atoms with E-state index < -0.39 is 11.9 Å². The molecule has 0 spiro atoms. The van der Waals surface area contributed by atoms with Gasteiger partial charge in [0.2, 0.25) is 5.91 Å². The third kappa shape index (κ3) is 3.59. The van der Waals surface area contributed by atoms with Gasteiger partial charge < -0.3 is 0 Å². The molecule has 0 N–H and O–H groups in total. The van der Waals surface area contributed by atoms with E-state index in [4.69, 9.17) is 0 Å². The summed E-state index contributed by atoms with van der Waals surface area (Å²) >= 11 is 0. The second-order valence-corrected chi connectivity index (χ2v) is 7.38. The van der Waals surface area contributed by atoms with Gasteiger partial charge in [-0.15, -0.1) is 0 Å². The van der Waals surface area contributed by atoms with Crippen molar-refractivity contribution >= 4 is 29.1 Å². The highest BCUT2D eigenvalue weighted by Crippen LogP contribution is 2.30. The maximum atomic E-state index is 13.4. The first-order valence-electron chi connectivity index (χ1n) is 9.69. The smallest absolute Gasteiger partial charge is 0.259 e. The van der Waals surface area contributed by atoms with E-state index in [9.17, 15) is 14.4 Å². The van der Waals surface area contributed by atoms with Crippen LogP contribution in [0.15, 0.2) is 73.1 Å². The van der Waals surface area contributed by atoms with Crippen LogP contribution in [0.25, 0.3) is 0 Å². The topological polar surface area (TPSA) is 70.6 Å². The Labute approximate surface area is 174 Å². The van der Waals surface area contributed by atoms with Crippen LogP contribution in [0.2, 0.25) is 0 Å². The SMILES string of the molecule is Cc1cccc(N2C(=O)C[C@H](N(C(=O)c3ccncc3)c3cccc(C)c3)C2=O)c1. The number of hydrogen-bond donors (Lipinski definition) is 0. The molecule has 1 atom stereocenters. The fraction of sp³-hybridized carbons (Fsp3) is 0.167. The van der Waals surface area contributed by atoms with Crippen LogP contribution in [0, 0.1) is 13.8 Å². The molecule has 30 heavy (non-hydrogen) atoms. The van der Waals surface area contributed by atoms with Crippen LogP contribution in [0.5, 0.6) is 0 Å². The molecule has 0 radical (unpaired) electrons. The van der Waals surface area contributed by atoms with E-state index in [1.165, 1.54) is 22.2 Å². The fourth-order valence-corrected chi connectivity index (χ4v) is 3.71. The molecule has 3 amide bonds. The van der Waals surface area contributed by atoms with E-state index in [1.54, 1.807) is 36.4 Å². The Morgan fingerprint density at radius 3 is 2.30 bits per heavy atom. The third-order valence-corrected chi connectivity index (χ3v) is 5.12. The summed E-state index contributed by atoms with van der Waals surface area (Å²) in [5.41, 5.74) is 3.40. The number of nitrogens with zero attached hydrogens (tertiary/aromatic N) is 3. The molecular weight excluding hydrogens is 378 g/mol. The molecule has 6 nitrogen and oxygen atoms in total. The average molecular weight is 399 g/mol. The number of anilines is 2. The summed E-state index contributed by atoms with van der Waals surface area (Å²) < 4.78 is 0. The lowest BCUT2D eigenvalue weighted by atomic mass is 10.1. The summed E-state index contributed by atoms with van der Waals surface area (Å²) in [4.78, 5) is 46.2. The van der Waals surface area contributed by atoms with Crippen LogP contribution >= 0.6 is 0 Å². The number of rotatable bonds is 4. The first kappa shape index (κ1) is 19.5. The minimum absolute atomic E-state index is 0.0719. The molecule has 0 aliphatic carbocycles. The van der Waals surface area contributed by atoms with E-state index in [0.717, 1.165) is 11.1 Å². The van der Waals surface area contributed by atoms with Gasteiger partial charge >= 0.3 is 0 Å². The molecule has 0 unspecified atom stereocenters. The second kappa shape index (κ2) is 7.91. The van der Waals surface area contributed by atoms with E-state index in [2.05, 4.69) is 4.98 Å². The zero-order valence-electron chi connectivity index (χ0n) is 16.8. The normalized spacial score (nSPS) is 16.1. The third-order valence-electron chi connectivity index (χ3n) is 5.12. The van der Waals surface area contributed by atoms with Gasteiger partial charge in [0.25, 0.3) is 11.8 Å². The van der Waals surface area contributed by atoms with Gasteiger partial charge in [0.15, 0.2) is 0 Å². The zero-order valence-corrected chi connectivity index (χ0v) is 16.8. The number of aryl methyl sites for hydroxylation is 2. The molecule has 0 saturated carbocycles. The lowest BCUT2D eigenvalue weighted by molar-refractivity contribution is -0.121. The Morgan fingerprint density at radius 1 is 0.967 bits per heavy atom. The van der Waals surface area contributed by atoms with Crippen LogP contribution in [0.3, 0.4) is 0 Å². The van der Waals surface area contributed by atoms with Crippen molar-refractivity contribution in [3.05, 3.63) is 89.7 Å². The highest BCUT2D eigenvalue weighted by molar-refractivity contribution is 6.25. The number of hydrogen-bond acceptors (Lipinski definition) is 4. The van der Waals surface area contributed by atoms with Crippen molar-refractivity contribution in [2.75, 3.05) is 9.80 Å². The van der Waals surface area contributed by atoms with Gasteiger partial charge in [-0.2, -0.15) is 0 Å². The summed E-state index contributed by atoms with van der Waals surface area (Å²) in [6, 6.07) is 16.9. The lowest BCUT2D eigenvalue weighted by Crippen LogP contribution is -2.46. The van der Waals surface area contributed by atoms with Crippen LogP contribution in [0.1, 0.15) is 27.9 Å². The minimum Gasteiger partial charge on any atom is -0.295 e. The van der Waals surface area contributed by atoms with Crippen molar-refractivity contribution in [3.8, 4) is 0 Å². The van der Waals surface area contributed by atoms with E-state index >= 15 is 0 Å². The van der Waals surface area contributed by atoms with Gasteiger partial charge in [-0.25, -0.2) is 4.90 Å².